The number of thiophene rings is 1. The van der Waals surface area contributed by atoms with Gasteiger partial charge in [-0.3, -0.25) is 14.5 Å². The first-order chi connectivity index (χ1) is 17.5. The van der Waals surface area contributed by atoms with Gasteiger partial charge >= 0.3 is 6.36 Å². The van der Waals surface area contributed by atoms with Crippen LogP contribution in [-0.2, 0) is 16.6 Å². The van der Waals surface area contributed by atoms with E-state index >= 15 is 0 Å². The molecular formula is C25H18F3N3O4S2. The van der Waals surface area contributed by atoms with Gasteiger partial charge in [-0.05, 0) is 65.7 Å². The maximum atomic E-state index is 12.7. The maximum absolute atomic E-state index is 12.7. The van der Waals surface area contributed by atoms with Gasteiger partial charge in [0.1, 0.15) is 5.75 Å². The Kier molecular flexibility index (Phi) is 6.16. The van der Waals surface area contributed by atoms with Gasteiger partial charge in [0, 0.05) is 40.7 Å². The van der Waals surface area contributed by atoms with Gasteiger partial charge in [-0.1, -0.05) is 6.07 Å². The van der Waals surface area contributed by atoms with E-state index in [0.717, 1.165) is 45.1 Å². The zero-order valence-corrected chi connectivity index (χ0v) is 20.7. The van der Waals surface area contributed by atoms with Gasteiger partial charge in [0.05, 0.1) is 16.8 Å². The van der Waals surface area contributed by atoms with Gasteiger partial charge in [-0.15, -0.1) is 24.5 Å². The Hall–Kier alpha value is -3.90. The number of alkyl halides is 3. The van der Waals surface area contributed by atoms with Crippen molar-refractivity contribution in [3.05, 3.63) is 84.2 Å². The minimum absolute atomic E-state index is 0.00402. The molecule has 0 spiro atoms. The number of halogens is 3. The largest absolute Gasteiger partial charge is 0.573 e. The van der Waals surface area contributed by atoms with Crippen LogP contribution in [0.5, 0.6) is 5.75 Å². The van der Waals surface area contributed by atoms with Gasteiger partial charge in [0.15, 0.2) is 0 Å². The molecule has 37 heavy (non-hydrogen) atoms. The molecule has 5 rings (SSSR count). The normalized spacial score (nSPS) is 13.5. The second-order valence-corrected chi connectivity index (χ2v) is 11.1. The van der Waals surface area contributed by atoms with Crippen molar-refractivity contribution in [3.63, 3.8) is 0 Å². The topological polar surface area (TPSA) is 88.6 Å². The van der Waals surface area contributed by atoms with Crippen molar-refractivity contribution in [2.75, 3.05) is 11.8 Å². The van der Waals surface area contributed by atoms with Crippen molar-refractivity contribution in [1.29, 1.82) is 0 Å². The number of ether oxygens (including phenoxy) is 1. The summed E-state index contributed by atoms with van der Waals surface area (Å²) in [7, 11) is -2.32. The number of fused-ring (bicyclic) bond motifs is 1. The van der Waals surface area contributed by atoms with Crippen LogP contribution >= 0.6 is 11.3 Å². The molecule has 190 valence electrons. The molecule has 0 radical (unpaired) electrons. The Bertz CT molecular complexity index is 1600. The Morgan fingerprint density at radius 2 is 1.68 bits per heavy atom. The van der Waals surface area contributed by atoms with Gasteiger partial charge in [0.25, 0.3) is 15.9 Å². The molecule has 0 aliphatic carbocycles. The molecule has 2 aromatic carbocycles. The predicted molar refractivity (Wildman–Crippen MR) is 133 cm³/mol. The first-order valence-corrected chi connectivity index (χ1v) is 13.1. The summed E-state index contributed by atoms with van der Waals surface area (Å²) >= 11 is 1.49. The lowest BCUT2D eigenvalue weighted by molar-refractivity contribution is -0.274. The summed E-state index contributed by atoms with van der Waals surface area (Å²) in [6.45, 7) is 0.560. The van der Waals surface area contributed by atoms with E-state index in [-0.39, 0.29) is 16.5 Å². The molecule has 1 aliphatic rings. The molecule has 0 saturated carbocycles. The molecule has 0 fully saturated rings. The van der Waals surface area contributed by atoms with E-state index in [1.807, 2.05) is 30.3 Å². The van der Waals surface area contributed by atoms with Crippen molar-refractivity contribution in [3.8, 4) is 26.6 Å². The molecule has 0 atom stereocenters. The number of aromatic nitrogens is 1. The number of hydrogen-bond acceptors (Lipinski definition) is 6. The van der Waals surface area contributed by atoms with Gasteiger partial charge in [0.2, 0.25) is 0 Å². The van der Waals surface area contributed by atoms with Crippen LogP contribution in [0.1, 0.15) is 15.9 Å². The fourth-order valence-corrected chi connectivity index (χ4v) is 5.95. The number of nitrogens with one attached hydrogen (secondary N) is 1. The maximum Gasteiger partial charge on any atom is 0.573 e. The lowest BCUT2D eigenvalue weighted by Gasteiger charge is -2.11. The smallest absolute Gasteiger partial charge is 0.406 e. The van der Waals surface area contributed by atoms with Gasteiger partial charge < -0.3 is 9.64 Å². The van der Waals surface area contributed by atoms with Crippen molar-refractivity contribution >= 4 is 33.0 Å². The lowest BCUT2D eigenvalue weighted by Crippen LogP contribution is -2.17. The number of carbonyl (C=O) groups is 1. The minimum atomic E-state index is -4.87. The molecule has 12 heteroatoms. The van der Waals surface area contributed by atoms with Crippen LogP contribution in [0.4, 0.5) is 18.9 Å². The summed E-state index contributed by atoms with van der Waals surface area (Å²) in [5, 5.41) is 0. The Morgan fingerprint density at radius 3 is 2.38 bits per heavy atom. The van der Waals surface area contributed by atoms with Crippen LogP contribution < -0.4 is 9.46 Å². The van der Waals surface area contributed by atoms with Gasteiger partial charge in [-0.25, -0.2) is 8.42 Å². The molecule has 1 aliphatic heterocycles. The average molecular weight is 546 g/mol. The highest BCUT2D eigenvalue weighted by atomic mass is 32.2. The summed E-state index contributed by atoms with van der Waals surface area (Å²) < 4.78 is 68.7. The number of hydrogen-bond donors (Lipinski definition) is 1. The Balaban J connectivity index is 1.34. The minimum Gasteiger partial charge on any atom is -0.406 e. The summed E-state index contributed by atoms with van der Waals surface area (Å²) in [6.07, 6.45) is -1.93. The third-order valence-corrected chi connectivity index (χ3v) is 8.20. The zero-order chi connectivity index (χ0) is 26.4. The van der Waals surface area contributed by atoms with Crippen molar-refractivity contribution < 1.29 is 31.1 Å². The number of nitrogens with zero attached hydrogens (tertiary/aromatic N) is 2. The molecule has 4 aromatic rings. The van der Waals surface area contributed by atoms with E-state index in [0.29, 0.717) is 17.7 Å². The summed E-state index contributed by atoms with van der Waals surface area (Å²) in [5.41, 5.74) is 3.52. The van der Waals surface area contributed by atoms with E-state index < -0.39 is 22.1 Å². The quantitative estimate of drug-likeness (QED) is 0.333. The van der Waals surface area contributed by atoms with Crippen LogP contribution in [0.15, 0.2) is 78.0 Å². The fourth-order valence-electron chi connectivity index (χ4n) is 3.93. The molecule has 0 bridgehead atoms. The third-order valence-electron chi connectivity index (χ3n) is 5.62. The first kappa shape index (κ1) is 24.8. The first-order valence-electron chi connectivity index (χ1n) is 10.8. The molecule has 7 nitrogen and oxygen atoms in total. The van der Waals surface area contributed by atoms with Crippen LogP contribution in [0.2, 0.25) is 0 Å². The van der Waals surface area contributed by atoms with Crippen LogP contribution in [0, 0.1) is 0 Å². The van der Waals surface area contributed by atoms with Crippen LogP contribution in [0.25, 0.3) is 20.9 Å². The van der Waals surface area contributed by atoms with E-state index in [1.54, 1.807) is 24.2 Å². The number of anilines is 1. The van der Waals surface area contributed by atoms with Crippen LogP contribution in [0.3, 0.4) is 0 Å². The van der Waals surface area contributed by atoms with Crippen molar-refractivity contribution in [1.82, 2.24) is 9.88 Å². The number of carbonyl (C=O) groups excluding carboxylic acids is 1. The molecule has 1 N–H and O–H groups in total. The van der Waals surface area contributed by atoms with E-state index in [1.165, 1.54) is 17.5 Å². The molecule has 0 unspecified atom stereocenters. The van der Waals surface area contributed by atoms with E-state index in [2.05, 4.69) is 14.4 Å². The van der Waals surface area contributed by atoms with E-state index in [4.69, 9.17) is 0 Å². The Morgan fingerprint density at radius 1 is 0.973 bits per heavy atom. The van der Waals surface area contributed by atoms with E-state index in [9.17, 15) is 26.4 Å². The fraction of sp³-hybridized carbons (Fsp3) is 0.120. The summed E-state index contributed by atoms with van der Waals surface area (Å²) in [4.78, 5) is 19.5. The molecule has 3 heterocycles. The van der Waals surface area contributed by atoms with Crippen molar-refractivity contribution in [2.24, 2.45) is 0 Å². The SMILES string of the molecule is CN1Cc2cc(-c3ccc(-c4cncc(NS(=O)(=O)c5ccc(OC(F)(F)F)cc5)c4)s3)ccc2C1=O. The molecule has 2 aromatic heterocycles. The molecule has 0 saturated heterocycles. The summed E-state index contributed by atoms with van der Waals surface area (Å²) in [6, 6.07) is 15.1. The third kappa shape index (κ3) is 5.30. The summed E-state index contributed by atoms with van der Waals surface area (Å²) in [5.74, 6) is -0.519. The number of pyridine rings is 1. The Labute approximate surface area is 214 Å². The number of sulfonamides is 1. The molecular weight excluding hydrogens is 527 g/mol. The zero-order valence-electron chi connectivity index (χ0n) is 19.1. The number of amides is 1. The number of benzene rings is 2. The lowest BCUT2D eigenvalue weighted by atomic mass is 10.1. The number of rotatable bonds is 6. The van der Waals surface area contributed by atoms with Gasteiger partial charge in [-0.2, -0.15) is 0 Å². The van der Waals surface area contributed by atoms with Crippen molar-refractivity contribution in [2.45, 2.75) is 17.8 Å². The second kappa shape index (κ2) is 9.20. The second-order valence-electron chi connectivity index (χ2n) is 8.28. The monoisotopic (exact) mass is 545 g/mol. The predicted octanol–water partition coefficient (Wildman–Crippen LogP) is 5.76. The molecule has 1 amide bonds. The highest BCUT2D eigenvalue weighted by Gasteiger charge is 2.31. The van der Waals surface area contributed by atoms with Crippen LogP contribution in [-0.4, -0.2) is 37.6 Å². The highest BCUT2D eigenvalue weighted by molar-refractivity contribution is 7.92. The average Bonchev–Trinajstić information content (AvgIpc) is 3.43. The standard InChI is InChI=1S/C25H18F3N3O4S2/c1-31-14-17-10-15(2-7-21(17)24(31)32)22-8-9-23(36-22)16-11-18(13-29-12-16)30-37(33,34)20-5-3-19(4-6-20)35-25(26,27)28/h2-13,30H,14H2,1H3. The highest BCUT2D eigenvalue weighted by Crippen LogP contribution is 2.37.